The number of hydrogen-bond acceptors (Lipinski definition) is 3. The second kappa shape index (κ2) is 7.91. The maximum Gasteiger partial charge on any atom is 0.295 e. The summed E-state index contributed by atoms with van der Waals surface area (Å²) in [4.78, 5) is 17.3. The van der Waals surface area contributed by atoms with E-state index < -0.39 is 5.91 Å². The Bertz CT molecular complexity index is 1230. The van der Waals surface area contributed by atoms with Crippen molar-refractivity contribution in [2.75, 3.05) is 5.32 Å². The number of halogens is 1. The summed E-state index contributed by atoms with van der Waals surface area (Å²) < 4.78 is 15.0. The lowest BCUT2D eigenvalue weighted by molar-refractivity contribution is 0.101. The molecule has 5 nitrogen and oxygen atoms in total. The fraction of sp³-hybridized carbons (Fsp3) is 0.125. The Balaban J connectivity index is 1.76. The van der Waals surface area contributed by atoms with Gasteiger partial charge in [-0.05, 0) is 79.9 Å². The van der Waals surface area contributed by atoms with Crippen LogP contribution in [0, 0.1) is 26.6 Å². The zero-order valence-corrected chi connectivity index (χ0v) is 17.0. The number of nitrogens with one attached hydrogen (secondary N) is 1. The Morgan fingerprint density at radius 2 is 1.63 bits per heavy atom. The molecule has 0 spiro atoms. The molecular weight excluding hydrogens is 379 g/mol. The van der Waals surface area contributed by atoms with Gasteiger partial charge in [-0.15, -0.1) is 5.10 Å². The van der Waals surface area contributed by atoms with E-state index in [2.05, 4.69) is 15.4 Å². The molecule has 0 unspecified atom stereocenters. The molecule has 0 saturated heterocycles. The van der Waals surface area contributed by atoms with Crippen molar-refractivity contribution >= 4 is 11.6 Å². The van der Waals surface area contributed by atoms with E-state index in [1.54, 1.807) is 16.8 Å². The molecule has 0 fully saturated rings. The zero-order chi connectivity index (χ0) is 21.3. The lowest BCUT2D eigenvalue weighted by Crippen LogP contribution is -2.14. The first-order valence-corrected chi connectivity index (χ1v) is 9.60. The highest BCUT2D eigenvalue weighted by Gasteiger charge is 2.20. The number of aromatic nitrogens is 3. The SMILES string of the molecule is Cc1ccc(NC(=O)c2nc(-c3ccc(F)cc3)n(-c3ccccc3C)n2)cc1C. The van der Waals surface area contributed by atoms with Gasteiger partial charge in [0.25, 0.3) is 5.91 Å². The van der Waals surface area contributed by atoms with Crippen molar-refractivity contribution in [1.82, 2.24) is 14.8 Å². The third kappa shape index (κ3) is 3.85. The van der Waals surface area contributed by atoms with Crippen molar-refractivity contribution in [3.05, 3.63) is 95.1 Å². The zero-order valence-electron chi connectivity index (χ0n) is 17.0. The van der Waals surface area contributed by atoms with Crippen LogP contribution in [0.1, 0.15) is 27.3 Å². The fourth-order valence-electron chi connectivity index (χ4n) is 3.17. The minimum Gasteiger partial charge on any atom is -0.319 e. The Kier molecular flexibility index (Phi) is 5.14. The van der Waals surface area contributed by atoms with E-state index in [1.165, 1.54) is 12.1 Å². The van der Waals surface area contributed by atoms with E-state index in [9.17, 15) is 9.18 Å². The maximum atomic E-state index is 13.4. The lowest BCUT2D eigenvalue weighted by atomic mass is 10.1. The predicted octanol–water partition coefficient (Wildman–Crippen LogP) is 5.25. The van der Waals surface area contributed by atoms with Gasteiger partial charge in [0.05, 0.1) is 5.69 Å². The average molecular weight is 400 g/mol. The van der Waals surface area contributed by atoms with E-state index in [1.807, 2.05) is 63.2 Å². The maximum absolute atomic E-state index is 13.4. The van der Waals surface area contributed by atoms with Gasteiger partial charge in [0.2, 0.25) is 5.82 Å². The largest absolute Gasteiger partial charge is 0.319 e. The quantitative estimate of drug-likeness (QED) is 0.509. The van der Waals surface area contributed by atoms with Gasteiger partial charge in [-0.2, -0.15) is 0 Å². The summed E-state index contributed by atoms with van der Waals surface area (Å²) in [7, 11) is 0. The molecule has 0 bridgehead atoms. The molecule has 0 aliphatic carbocycles. The number of aryl methyl sites for hydroxylation is 3. The van der Waals surface area contributed by atoms with Gasteiger partial charge in [-0.25, -0.2) is 14.1 Å². The van der Waals surface area contributed by atoms with Gasteiger partial charge in [0.15, 0.2) is 5.82 Å². The van der Waals surface area contributed by atoms with Crippen LogP contribution in [0.4, 0.5) is 10.1 Å². The molecule has 0 aliphatic heterocycles. The molecule has 0 radical (unpaired) electrons. The number of para-hydroxylation sites is 1. The highest BCUT2D eigenvalue weighted by molar-refractivity contribution is 6.01. The second-order valence-electron chi connectivity index (χ2n) is 7.22. The van der Waals surface area contributed by atoms with E-state index in [0.717, 1.165) is 22.4 Å². The first-order chi connectivity index (χ1) is 14.4. The van der Waals surface area contributed by atoms with Crippen LogP contribution in [0.3, 0.4) is 0 Å². The molecule has 1 amide bonds. The molecule has 1 N–H and O–H groups in total. The summed E-state index contributed by atoms with van der Waals surface area (Å²) in [5, 5.41) is 7.33. The molecule has 0 aliphatic rings. The minimum atomic E-state index is -0.408. The van der Waals surface area contributed by atoms with Gasteiger partial charge >= 0.3 is 0 Å². The number of anilines is 1. The third-order valence-corrected chi connectivity index (χ3v) is 5.02. The molecule has 3 aromatic carbocycles. The molecular formula is C24H21FN4O. The highest BCUT2D eigenvalue weighted by atomic mass is 19.1. The Hall–Kier alpha value is -3.80. The number of rotatable bonds is 4. The summed E-state index contributed by atoms with van der Waals surface area (Å²) >= 11 is 0. The van der Waals surface area contributed by atoms with Gasteiger partial charge in [0.1, 0.15) is 5.82 Å². The average Bonchev–Trinajstić information content (AvgIpc) is 3.17. The molecule has 30 heavy (non-hydrogen) atoms. The highest BCUT2D eigenvalue weighted by Crippen LogP contribution is 2.24. The van der Waals surface area contributed by atoms with E-state index in [-0.39, 0.29) is 11.6 Å². The van der Waals surface area contributed by atoms with Crippen LogP contribution in [0.5, 0.6) is 0 Å². The molecule has 0 saturated carbocycles. The first kappa shape index (κ1) is 19.5. The van der Waals surface area contributed by atoms with Crippen LogP contribution >= 0.6 is 0 Å². The van der Waals surface area contributed by atoms with Gasteiger partial charge in [-0.3, -0.25) is 4.79 Å². The number of amides is 1. The van der Waals surface area contributed by atoms with E-state index in [4.69, 9.17) is 0 Å². The van der Waals surface area contributed by atoms with Crippen molar-refractivity contribution in [3.63, 3.8) is 0 Å². The third-order valence-electron chi connectivity index (χ3n) is 5.02. The molecule has 0 atom stereocenters. The van der Waals surface area contributed by atoms with Crippen molar-refractivity contribution in [2.45, 2.75) is 20.8 Å². The molecule has 4 aromatic rings. The van der Waals surface area contributed by atoms with Gasteiger partial charge in [-0.1, -0.05) is 24.3 Å². The number of benzene rings is 3. The number of carbonyl (C=O) groups excluding carboxylic acids is 1. The molecule has 1 heterocycles. The predicted molar refractivity (Wildman–Crippen MR) is 115 cm³/mol. The van der Waals surface area contributed by atoms with Crippen molar-refractivity contribution in [2.24, 2.45) is 0 Å². The van der Waals surface area contributed by atoms with Gasteiger partial charge in [0, 0.05) is 11.3 Å². The Morgan fingerprint density at radius 3 is 2.33 bits per heavy atom. The summed E-state index contributed by atoms with van der Waals surface area (Å²) in [6, 6.07) is 19.4. The van der Waals surface area contributed by atoms with Crippen LogP contribution in [0.25, 0.3) is 17.1 Å². The summed E-state index contributed by atoms with van der Waals surface area (Å²) in [5.41, 5.74) is 5.35. The standard InChI is InChI=1S/C24H21FN4O/c1-15-8-13-20(14-17(15)3)26-24(30)22-27-23(18-9-11-19(25)12-10-18)29(28-22)21-7-5-4-6-16(21)2/h4-14H,1-3H3,(H,26,30). The minimum absolute atomic E-state index is 0.0378. The number of carbonyl (C=O) groups is 1. The lowest BCUT2D eigenvalue weighted by Gasteiger charge is -2.08. The van der Waals surface area contributed by atoms with Crippen molar-refractivity contribution in [3.8, 4) is 17.1 Å². The van der Waals surface area contributed by atoms with Crippen LogP contribution in [0.2, 0.25) is 0 Å². The van der Waals surface area contributed by atoms with Crippen LogP contribution in [-0.2, 0) is 0 Å². The van der Waals surface area contributed by atoms with Crippen LogP contribution in [-0.4, -0.2) is 20.7 Å². The summed E-state index contributed by atoms with van der Waals surface area (Å²) in [6.45, 7) is 5.96. The molecule has 6 heteroatoms. The Morgan fingerprint density at radius 1 is 0.900 bits per heavy atom. The molecule has 150 valence electrons. The number of hydrogen-bond donors (Lipinski definition) is 1. The fourth-order valence-corrected chi connectivity index (χ4v) is 3.17. The summed E-state index contributed by atoms with van der Waals surface area (Å²) in [5.74, 6) is -0.243. The normalized spacial score (nSPS) is 10.8. The number of nitrogens with zero attached hydrogens (tertiary/aromatic N) is 3. The molecule has 1 aromatic heterocycles. The smallest absolute Gasteiger partial charge is 0.295 e. The van der Waals surface area contributed by atoms with E-state index in [0.29, 0.717) is 17.1 Å². The van der Waals surface area contributed by atoms with Gasteiger partial charge < -0.3 is 5.32 Å². The summed E-state index contributed by atoms with van der Waals surface area (Å²) in [6.07, 6.45) is 0. The second-order valence-corrected chi connectivity index (χ2v) is 7.22. The first-order valence-electron chi connectivity index (χ1n) is 9.60. The van der Waals surface area contributed by atoms with E-state index >= 15 is 0 Å². The monoisotopic (exact) mass is 400 g/mol. The van der Waals surface area contributed by atoms with Crippen LogP contribution in [0.15, 0.2) is 66.7 Å². The van der Waals surface area contributed by atoms with Crippen LogP contribution < -0.4 is 5.32 Å². The molecule has 4 rings (SSSR count). The van der Waals surface area contributed by atoms with Crippen molar-refractivity contribution in [1.29, 1.82) is 0 Å². The Labute approximate surface area is 174 Å². The van der Waals surface area contributed by atoms with Crippen molar-refractivity contribution < 1.29 is 9.18 Å². The topological polar surface area (TPSA) is 59.8 Å².